The number of likely N-dealkylation sites (N-methyl/N-ethyl adjacent to an activating group) is 1. The van der Waals surface area contributed by atoms with Crippen molar-refractivity contribution in [1.82, 2.24) is 9.97 Å². The van der Waals surface area contributed by atoms with E-state index in [4.69, 9.17) is 33.9 Å². The maximum atomic E-state index is 6.27. The molecule has 3 heterocycles. The van der Waals surface area contributed by atoms with Crippen molar-refractivity contribution in [1.29, 1.82) is 0 Å². The summed E-state index contributed by atoms with van der Waals surface area (Å²) in [5.41, 5.74) is 8.70. The van der Waals surface area contributed by atoms with Crippen molar-refractivity contribution in [3.8, 4) is 0 Å². The van der Waals surface area contributed by atoms with Crippen LogP contribution in [0.5, 0.6) is 0 Å². The molecule has 1 aliphatic rings. The van der Waals surface area contributed by atoms with E-state index in [1.54, 1.807) is 23.1 Å². The third-order valence-electron chi connectivity index (χ3n) is 4.36. The van der Waals surface area contributed by atoms with E-state index in [0.717, 1.165) is 41.0 Å². The highest BCUT2D eigenvalue weighted by molar-refractivity contribution is 7.98. The molecule has 0 radical (unpaired) electrons. The molecule has 25 heavy (non-hydrogen) atoms. The number of fused-ring (bicyclic) bond motifs is 3. The van der Waals surface area contributed by atoms with E-state index in [1.165, 1.54) is 15.3 Å². The second-order valence-electron chi connectivity index (χ2n) is 6.25. The number of hydrogen-bond donors (Lipinski definition) is 2. The van der Waals surface area contributed by atoms with Crippen LogP contribution in [0.3, 0.4) is 0 Å². The zero-order valence-electron chi connectivity index (χ0n) is 13.6. The van der Waals surface area contributed by atoms with Gasteiger partial charge in [-0.15, -0.1) is 11.3 Å². The molecular formula is C17H17Cl2N4S2+. The summed E-state index contributed by atoms with van der Waals surface area (Å²) in [5.74, 6) is 1.32. The lowest BCUT2D eigenvalue weighted by Crippen LogP contribution is -3.08. The number of nitrogens with zero attached hydrogens (tertiary/aromatic N) is 2. The van der Waals surface area contributed by atoms with Crippen molar-refractivity contribution in [2.75, 3.05) is 19.3 Å². The highest BCUT2D eigenvalue weighted by Gasteiger charge is 2.24. The monoisotopic (exact) mass is 411 g/mol. The molecule has 1 atom stereocenters. The molecule has 1 aromatic carbocycles. The van der Waals surface area contributed by atoms with Gasteiger partial charge in [0.2, 0.25) is 0 Å². The summed E-state index contributed by atoms with van der Waals surface area (Å²) in [4.78, 5) is 13.2. The molecule has 0 saturated carbocycles. The van der Waals surface area contributed by atoms with Crippen LogP contribution in [0, 0.1) is 0 Å². The fourth-order valence-electron chi connectivity index (χ4n) is 3.06. The van der Waals surface area contributed by atoms with Crippen molar-refractivity contribution in [2.45, 2.75) is 23.9 Å². The molecule has 1 unspecified atom stereocenters. The molecule has 0 aliphatic carbocycles. The van der Waals surface area contributed by atoms with Crippen molar-refractivity contribution in [3.63, 3.8) is 0 Å². The van der Waals surface area contributed by atoms with E-state index in [9.17, 15) is 0 Å². The lowest BCUT2D eigenvalue weighted by Gasteiger charge is -2.19. The molecule has 3 aromatic rings. The van der Waals surface area contributed by atoms with Gasteiger partial charge in [0.05, 0.1) is 33.9 Å². The zero-order chi connectivity index (χ0) is 17.6. The fraction of sp³-hybridized carbons (Fsp3) is 0.294. The Hall–Kier alpha value is -1.05. The van der Waals surface area contributed by atoms with Gasteiger partial charge in [-0.1, -0.05) is 41.0 Å². The Morgan fingerprint density at radius 1 is 1.28 bits per heavy atom. The molecular weight excluding hydrogens is 395 g/mol. The molecule has 0 saturated heterocycles. The molecule has 130 valence electrons. The minimum Gasteiger partial charge on any atom is -0.383 e. The summed E-state index contributed by atoms with van der Waals surface area (Å²) >= 11 is 15.4. The van der Waals surface area contributed by atoms with Gasteiger partial charge in [-0.25, -0.2) is 9.97 Å². The van der Waals surface area contributed by atoms with Crippen molar-refractivity contribution >= 4 is 62.3 Å². The van der Waals surface area contributed by atoms with Crippen LogP contribution in [-0.2, 0) is 18.7 Å². The van der Waals surface area contributed by atoms with Crippen LogP contribution >= 0.6 is 46.3 Å². The first-order valence-corrected chi connectivity index (χ1v) is 10.5. The Balaban J connectivity index is 1.61. The number of quaternary nitrogens is 1. The maximum Gasteiger partial charge on any atom is 0.191 e. The average Bonchev–Trinajstić information content (AvgIpc) is 2.93. The summed E-state index contributed by atoms with van der Waals surface area (Å²) in [7, 11) is 2.22. The number of thiophene rings is 1. The van der Waals surface area contributed by atoms with Gasteiger partial charge in [-0.3, -0.25) is 0 Å². The van der Waals surface area contributed by atoms with Crippen molar-refractivity contribution in [2.24, 2.45) is 0 Å². The largest absolute Gasteiger partial charge is 0.383 e. The summed E-state index contributed by atoms with van der Waals surface area (Å²) in [6, 6.07) is 5.65. The van der Waals surface area contributed by atoms with Crippen LogP contribution in [0.4, 0.5) is 5.82 Å². The fourth-order valence-corrected chi connectivity index (χ4v) is 5.58. The number of rotatable bonds is 3. The Morgan fingerprint density at radius 2 is 2.12 bits per heavy atom. The average molecular weight is 412 g/mol. The van der Waals surface area contributed by atoms with E-state index in [-0.39, 0.29) is 0 Å². The van der Waals surface area contributed by atoms with Crippen LogP contribution in [0.2, 0.25) is 10.0 Å². The van der Waals surface area contributed by atoms with Crippen LogP contribution in [0.25, 0.3) is 10.2 Å². The number of aromatic nitrogens is 2. The van der Waals surface area contributed by atoms with Crippen LogP contribution < -0.4 is 10.6 Å². The first-order valence-electron chi connectivity index (χ1n) is 7.97. The SMILES string of the molecule is C[NH+]1CCc2c(sc3nc(SCc4ccc(Cl)c(Cl)c4)nc(N)c23)C1. The number of nitrogens with one attached hydrogen (secondary N) is 1. The molecule has 0 spiro atoms. The number of halogens is 2. The van der Waals surface area contributed by atoms with Crippen LogP contribution in [-0.4, -0.2) is 23.6 Å². The number of nitrogens with two attached hydrogens (primary N) is 1. The number of hydrogen-bond acceptors (Lipinski definition) is 5. The summed E-state index contributed by atoms with van der Waals surface area (Å²) in [5, 5.41) is 2.89. The Labute approximate surface area is 164 Å². The number of nitrogen functional groups attached to an aromatic ring is 1. The predicted molar refractivity (Wildman–Crippen MR) is 107 cm³/mol. The molecule has 0 amide bonds. The molecule has 1 aliphatic heterocycles. The second-order valence-corrected chi connectivity index (χ2v) is 9.09. The van der Waals surface area contributed by atoms with Crippen LogP contribution in [0.1, 0.15) is 16.0 Å². The molecule has 0 fully saturated rings. The normalized spacial score (nSPS) is 17.0. The lowest BCUT2D eigenvalue weighted by atomic mass is 10.1. The second kappa shape index (κ2) is 6.93. The molecule has 8 heteroatoms. The summed E-state index contributed by atoms with van der Waals surface area (Å²) in [6.07, 6.45) is 1.05. The van der Waals surface area contributed by atoms with Crippen LogP contribution in [0.15, 0.2) is 23.4 Å². The van der Waals surface area contributed by atoms with E-state index < -0.39 is 0 Å². The highest BCUT2D eigenvalue weighted by atomic mass is 35.5. The molecule has 0 bridgehead atoms. The molecule has 4 rings (SSSR count). The highest BCUT2D eigenvalue weighted by Crippen LogP contribution is 2.36. The van der Waals surface area contributed by atoms with E-state index in [0.29, 0.717) is 21.0 Å². The van der Waals surface area contributed by atoms with Gasteiger partial charge in [0.1, 0.15) is 17.2 Å². The van der Waals surface area contributed by atoms with Crippen molar-refractivity contribution in [3.05, 3.63) is 44.2 Å². The Morgan fingerprint density at radius 3 is 2.92 bits per heavy atom. The third-order valence-corrected chi connectivity index (χ3v) is 7.14. The van der Waals surface area contributed by atoms with Gasteiger partial charge >= 0.3 is 0 Å². The zero-order valence-corrected chi connectivity index (χ0v) is 16.7. The van der Waals surface area contributed by atoms with E-state index >= 15 is 0 Å². The van der Waals surface area contributed by atoms with Gasteiger partial charge in [-0.2, -0.15) is 0 Å². The first-order chi connectivity index (χ1) is 12.0. The van der Waals surface area contributed by atoms with E-state index in [2.05, 4.69) is 12.0 Å². The Kier molecular flexibility index (Phi) is 4.81. The quantitative estimate of drug-likeness (QED) is 0.511. The standard InChI is InChI=1S/C17H16Cl2N4S2/c1-23-5-4-10-13(7-23)25-16-14(10)15(20)21-17(22-16)24-8-9-2-3-11(18)12(19)6-9/h2-3,6H,4-5,7-8H2,1H3,(H2,20,21,22)/p+1. The smallest absolute Gasteiger partial charge is 0.191 e. The van der Waals surface area contributed by atoms with Gasteiger partial charge in [0.15, 0.2) is 5.16 Å². The van der Waals surface area contributed by atoms with Gasteiger partial charge in [0, 0.05) is 12.2 Å². The van der Waals surface area contributed by atoms with E-state index in [1.807, 2.05) is 18.2 Å². The maximum absolute atomic E-state index is 6.27. The summed E-state index contributed by atoms with van der Waals surface area (Å²) in [6.45, 7) is 2.17. The lowest BCUT2D eigenvalue weighted by molar-refractivity contribution is -0.895. The number of thioether (sulfide) groups is 1. The Bertz CT molecular complexity index is 957. The topological polar surface area (TPSA) is 56.2 Å². The first kappa shape index (κ1) is 17.4. The van der Waals surface area contributed by atoms with Gasteiger partial charge < -0.3 is 10.6 Å². The summed E-state index contributed by atoms with van der Waals surface area (Å²) < 4.78 is 0. The van der Waals surface area contributed by atoms with Crippen molar-refractivity contribution < 1.29 is 4.90 Å². The van der Waals surface area contributed by atoms with Gasteiger partial charge in [0.25, 0.3) is 0 Å². The minimum absolute atomic E-state index is 0.563. The third kappa shape index (κ3) is 3.46. The number of benzene rings is 1. The minimum atomic E-state index is 0.563. The molecule has 4 nitrogen and oxygen atoms in total. The molecule has 3 N–H and O–H groups in total. The predicted octanol–water partition coefficient (Wildman–Crippen LogP) is 3.44. The van der Waals surface area contributed by atoms with Gasteiger partial charge in [-0.05, 0) is 23.3 Å². The number of anilines is 1. The molecule has 2 aromatic heterocycles.